The lowest BCUT2D eigenvalue weighted by atomic mass is 10.1. The van der Waals surface area contributed by atoms with Crippen LogP contribution in [0.3, 0.4) is 0 Å². The molecule has 0 amide bonds. The molecular formula is C13H17INO+. The number of hydrogen-bond donors (Lipinski definition) is 0. The number of quaternary nitrogens is 1. The number of halogens is 1. The van der Waals surface area contributed by atoms with Gasteiger partial charge in [-0.3, -0.25) is 4.79 Å². The van der Waals surface area contributed by atoms with Crippen molar-refractivity contribution < 1.29 is 9.28 Å². The van der Waals surface area contributed by atoms with Crippen LogP contribution in [0.4, 0.5) is 0 Å². The molecule has 1 aliphatic rings. The van der Waals surface area contributed by atoms with Gasteiger partial charge < -0.3 is 4.48 Å². The van der Waals surface area contributed by atoms with E-state index in [4.69, 9.17) is 0 Å². The fourth-order valence-corrected chi connectivity index (χ4v) is 3.18. The average Bonchev–Trinajstić information content (AvgIpc) is 2.26. The van der Waals surface area contributed by atoms with Crippen LogP contribution in [0.2, 0.25) is 0 Å². The van der Waals surface area contributed by atoms with Crippen LogP contribution < -0.4 is 0 Å². The number of benzene rings is 1. The third kappa shape index (κ3) is 2.63. The van der Waals surface area contributed by atoms with Crippen molar-refractivity contribution in [3.05, 3.63) is 35.9 Å². The Labute approximate surface area is 110 Å². The van der Waals surface area contributed by atoms with Gasteiger partial charge in [-0.15, -0.1) is 0 Å². The van der Waals surface area contributed by atoms with Gasteiger partial charge in [-0.2, -0.15) is 0 Å². The van der Waals surface area contributed by atoms with Crippen molar-refractivity contribution in [3.63, 3.8) is 0 Å². The molecule has 2 rings (SSSR count). The second-order valence-electron chi connectivity index (χ2n) is 4.77. The molecule has 2 atom stereocenters. The van der Waals surface area contributed by atoms with Gasteiger partial charge in [-0.1, -0.05) is 30.3 Å². The molecule has 2 unspecified atom stereocenters. The first-order valence-corrected chi connectivity index (χ1v) is 6.89. The van der Waals surface area contributed by atoms with E-state index in [-0.39, 0.29) is 0 Å². The fourth-order valence-electron chi connectivity index (χ4n) is 2.21. The van der Waals surface area contributed by atoms with Crippen molar-refractivity contribution >= 4 is 28.4 Å². The minimum atomic E-state index is 0.416. The molecular weight excluding hydrogens is 313 g/mol. The molecule has 1 heterocycles. The Bertz CT molecular complexity index is 379. The Kier molecular flexibility index (Phi) is 3.64. The van der Waals surface area contributed by atoms with Gasteiger partial charge in [0.05, 0.1) is 26.4 Å². The Morgan fingerprint density at radius 3 is 2.69 bits per heavy atom. The van der Waals surface area contributed by atoms with Crippen LogP contribution in [-0.4, -0.2) is 27.9 Å². The van der Waals surface area contributed by atoms with Gasteiger partial charge in [0.25, 0.3) is 0 Å². The third-order valence-corrected chi connectivity index (χ3v) is 5.15. The van der Waals surface area contributed by atoms with Gasteiger partial charge in [-0.25, -0.2) is 0 Å². The number of piperidine rings is 1. The van der Waals surface area contributed by atoms with E-state index in [0.29, 0.717) is 9.83 Å². The maximum atomic E-state index is 11.4. The molecule has 1 fully saturated rings. The maximum absolute atomic E-state index is 11.4. The zero-order valence-corrected chi connectivity index (χ0v) is 11.7. The van der Waals surface area contributed by atoms with Crippen molar-refractivity contribution in [2.75, 3.05) is 13.6 Å². The summed E-state index contributed by atoms with van der Waals surface area (Å²) in [5.41, 5.74) is 1.36. The lowest BCUT2D eigenvalue weighted by Crippen LogP contribution is -2.53. The molecule has 0 aromatic heterocycles. The quantitative estimate of drug-likeness (QED) is 0.353. The van der Waals surface area contributed by atoms with E-state index in [1.54, 1.807) is 0 Å². The fraction of sp³-hybridized carbons (Fsp3) is 0.462. The normalized spacial score (nSPS) is 30.4. The molecule has 1 aliphatic heterocycles. The molecule has 0 aliphatic carbocycles. The zero-order chi connectivity index (χ0) is 11.6. The van der Waals surface area contributed by atoms with Crippen LogP contribution in [0.25, 0.3) is 0 Å². The molecule has 0 bridgehead atoms. The largest absolute Gasteiger partial charge is 0.311 e. The second-order valence-corrected chi connectivity index (χ2v) is 6.21. The van der Waals surface area contributed by atoms with E-state index in [9.17, 15) is 4.79 Å². The Hall–Kier alpha value is -0.420. The number of likely N-dealkylation sites (tertiary alicyclic amines) is 1. The third-order valence-electron chi connectivity index (χ3n) is 3.36. The predicted octanol–water partition coefficient (Wildman–Crippen LogP) is 2.76. The Morgan fingerprint density at radius 1 is 1.38 bits per heavy atom. The van der Waals surface area contributed by atoms with Gasteiger partial charge in [0.15, 0.2) is 0 Å². The van der Waals surface area contributed by atoms with Crippen LogP contribution in [0.15, 0.2) is 30.3 Å². The summed E-state index contributed by atoms with van der Waals surface area (Å²) in [6, 6.07) is 10.6. The number of Topliss-reactive ketones (excluding diaryl/α,β-unsaturated/α-hetero) is 1. The molecule has 1 saturated heterocycles. The predicted molar refractivity (Wildman–Crippen MR) is 73.2 cm³/mol. The first-order valence-electron chi connectivity index (χ1n) is 5.64. The summed E-state index contributed by atoms with van der Waals surface area (Å²) in [7, 11) is 2.26. The second kappa shape index (κ2) is 4.84. The van der Waals surface area contributed by atoms with E-state index in [1.165, 1.54) is 5.56 Å². The number of rotatable bonds is 2. The van der Waals surface area contributed by atoms with E-state index < -0.39 is 0 Å². The van der Waals surface area contributed by atoms with Gasteiger partial charge in [0, 0.05) is 5.56 Å². The average molecular weight is 330 g/mol. The summed E-state index contributed by atoms with van der Waals surface area (Å²) in [6.07, 6.45) is 1.47. The zero-order valence-electron chi connectivity index (χ0n) is 9.53. The van der Waals surface area contributed by atoms with E-state index in [0.717, 1.165) is 30.4 Å². The van der Waals surface area contributed by atoms with E-state index >= 15 is 0 Å². The molecule has 86 valence electrons. The maximum Gasteiger partial charge on any atom is 0.146 e. The molecule has 1 aromatic rings. The van der Waals surface area contributed by atoms with Crippen molar-refractivity contribution in [1.82, 2.24) is 0 Å². The molecule has 0 saturated carbocycles. The minimum Gasteiger partial charge on any atom is -0.311 e. The molecule has 3 heteroatoms. The number of nitrogens with zero attached hydrogens (tertiary/aromatic N) is 1. The monoisotopic (exact) mass is 330 g/mol. The first kappa shape index (κ1) is 12.0. The van der Waals surface area contributed by atoms with E-state index in [2.05, 4.69) is 53.9 Å². The lowest BCUT2D eigenvalue weighted by Gasteiger charge is -2.41. The highest BCUT2D eigenvalue weighted by Crippen LogP contribution is 2.29. The number of carbonyl (C=O) groups excluding carboxylic acids is 1. The molecule has 2 nitrogen and oxygen atoms in total. The summed E-state index contributed by atoms with van der Waals surface area (Å²) in [4.78, 5) is 11.4. The number of hydrogen-bond acceptors (Lipinski definition) is 1. The molecule has 0 radical (unpaired) electrons. The number of carbonyl (C=O) groups is 1. The highest BCUT2D eigenvalue weighted by molar-refractivity contribution is 14.1. The first-order chi connectivity index (χ1) is 7.60. The van der Waals surface area contributed by atoms with Crippen LogP contribution >= 0.6 is 22.6 Å². The minimum absolute atomic E-state index is 0.416. The summed E-state index contributed by atoms with van der Waals surface area (Å²) in [5, 5.41) is 0. The molecule has 16 heavy (non-hydrogen) atoms. The van der Waals surface area contributed by atoms with Gasteiger partial charge in [0.2, 0.25) is 0 Å². The summed E-state index contributed by atoms with van der Waals surface area (Å²) in [5.74, 6) is 0.420. The lowest BCUT2D eigenvalue weighted by molar-refractivity contribution is -0.929. The van der Waals surface area contributed by atoms with Crippen LogP contribution in [0.5, 0.6) is 0 Å². The molecule has 1 aromatic carbocycles. The van der Waals surface area contributed by atoms with Gasteiger partial charge >= 0.3 is 0 Å². The Balaban J connectivity index is 2.11. The summed E-state index contributed by atoms with van der Waals surface area (Å²) in [6.45, 7) is 2.00. The molecule has 0 N–H and O–H groups in total. The SMILES string of the molecule is C[N+]1(Cc2ccccc2)CCC(=O)CC1I. The van der Waals surface area contributed by atoms with Crippen molar-refractivity contribution in [2.24, 2.45) is 0 Å². The highest BCUT2D eigenvalue weighted by Gasteiger charge is 2.36. The van der Waals surface area contributed by atoms with Gasteiger partial charge in [0.1, 0.15) is 16.4 Å². The highest BCUT2D eigenvalue weighted by atomic mass is 127. The van der Waals surface area contributed by atoms with Crippen LogP contribution in [-0.2, 0) is 11.3 Å². The number of ketones is 1. The van der Waals surface area contributed by atoms with Crippen molar-refractivity contribution in [3.8, 4) is 0 Å². The summed E-state index contributed by atoms with van der Waals surface area (Å²) >= 11 is 2.43. The van der Waals surface area contributed by atoms with E-state index in [1.807, 2.05) is 6.07 Å². The standard InChI is InChI=1S/C13H17INO/c1-15(8-7-12(16)9-13(15)14)10-11-5-3-2-4-6-11/h2-6,13H,7-10H2,1H3/q+1. The van der Waals surface area contributed by atoms with Crippen LogP contribution in [0, 0.1) is 0 Å². The van der Waals surface area contributed by atoms with Crippen molar-refractivity contribution in [1.29, 1.82) is 0 Å². The summed E-state index contributed by atoms with van der Waals surface area (Å²) < 4.78 is 1.40. The van der Waals surface area contributed by atoms with Crippen molar-refractivity contribution in [2.45, 2.75) is 23.4 Å². The van der Waals surface area contributed by atoms with Crippen LogP contribution in [0.1, 0.15) is 18.4 Å². The number of alkyl halides is 1. The Morgan fingerprint density at radius 2 is 2.06 bits per heavy atom. The topological polar surface area (TPSA) is 17.1 Å². The molecule has 0 spiro atoms. The van der Waals surface area contributed by atoms with Gasteiger partial charge in [-0.05, 0) is 22.6 Å². The smallest absolute Gasteiger partial charge is 0.146 e.